The average molecular weight is 408 g/mol. The predicted molar refractivity (Wildman–Crippen MR) is 113 cm³/mol. The van der Waals surface area contributed by atoms with E-state index >= 15 is 0 Å². The second-order valence-corrected chi connectivity index (χ2v) is 9.80. The maximum absolute atomic E-state index is 11.8. The summed E-state index contributed by atoms with van der Waals surface area (Å²) in [7, 11) is 0.110. The Bertz CT molecular complexity index is 377. The molecule has 0 fully saturated rings. The largest absolute Gasteiger partial charge is 0.756 e. The van der Waals surface area contributed by atoms with Gasteiger partial charge in [0.15, 0.2) is 0 Å². The Labute approximate surface area is 169 Å². The van der Waals surface area contributed by atoms with Crippen LogP contribution in [0.25, 0.3) is 0 Å². The van der Waals surface area contributed by atoms with Gasteiger partial charge in [-0.15, -0.1) is 0 Å². The van der Waals surface area contributed by atoms with Crippen LogP contribution in [0.15, 0.2) is 0 Å². The van der Waals surface area contributed by atoms with Crippen molar-refractivity contribution >= 4 is 7.82 Å². The Morgan fingerprint density at radius 3 is 1.67 bits per heavy atom. The Hall–Kier alpha value is 0.0700. The van der Waals surface area contributed by atoms with Crippen molar-refractivity contribution in [2.75, 3.05) is 40.4 Å². The number of nitrogens with zero attached hydrogens (tertiary/aromatic N) is 1. The quantitative estimate of drug-likeness (QED) is 0.148. The number of quaternary nitrogens is 1. The van der Waals surface area contributed by atoms with E-state index in [9.17, 15) is 9.46 Å². The van der Waals surface area contributed by atoms with Gasteiger partial charge in [0.05, 0.1) is 27.2 Å². The summed E-state index contributed by atoms with van der Waals surface area (Å²) in [6.07, 6.45) is 15.6. The highest BCUT2D eigenvalue weighted by Gasteiger charge is 2.17. The first-order chi connectivity index (χ1) is 12.8. The fourth-order valence-electron chi connectivity index (χ4n) is 3.10. The lowest BCUT2D eigenvalue weighted by molar-refractivity contribution is -0.890. The molecule has 0 aromatic carbocycles. The molecule has 0 aliphatic carbocycles. The Kier molecular flexibility index (Phi) is 17.0. The van der Waals surface area contributed by atoms with Crippen molar-refractivity contribution in [3.05, 3.63) is 0 Å². The number of hydrogen-bond acceptors (Lipinski definition) is 4. The van der Waals surface area contributed by atoms with Gasteiger partial charge in [-0.2, -0.15) is 0 Å². The third-order valence-electron chi connectivity index (χ3n) is 5.06. The molecule has 0 aliphatic rings. The van der Waals surface area contributed by atoms with Crippen molar-refractivity contribution < 1.29 is 23.0 Å². The van der Waals surface area contributed by atoms with E-state index in [-0.39, 0.29) is 13.2 Å². The van der Waals surface area contributed by atoms with Crippen LogP contribution in [-0.4, -0.2) is 44.9 Å². The number of unbranched alkanes of at least 4 members (excludes halogenated alkanes) is 11. The number of rotatable bonds is 20. The molecule has 0 rings (SSSR count). The summed E-state index contributed by atoms with van der Waals surface area (Å²) in [5, 5.41) is 0. The normalized spacial score (nSPS) is 14.4. The van der Waals surface area contributed by atoms with E-state index in [0.29, 0.717) is 6.54 Å². The number of likely N-dealkylation sites (N-methyl/N-ethyl adjacent to an activating group) is 1. The van der Waals surface area contributed by atoms with Crippen molar-refractivity contribution in [3.63, 3.8) is 0 Å². The summed E-state index contributed by atoms with van der Waals surface area (Å²) < 4.78 is 22.6. The van der Waals surface area contributed by atoms with Crippen LogP contribution in [0.5, 0.6) is 0 Å². The lowest BCUT2D eigenvalue weighted by Crippen LogP contribution is -2.43. The van der Waals surface area contributed by atoms with Gasteiger partial charge in [0.25, 0.3) is 7.82 Å². The molecule has 1 atom stereocenters. The third-order valence-corrected chi connectivity index (χ3v) is 6.06. The number of phosphoric acid groups is 1. The molecule has 0 bridgehead atoms. The van der Waals surface area contributed by atoms with Gasteiger partial charge in [-0.3, -0.25) is 4.57 Å². The molecular weight excluding hydrogens is 361 g/mol. The highest BCUT2D eigenvalue weighted by Crippen LogP contribution is 2.38. The topological polar surface area (TPSA) is 58.6 Å². The van der Waals surface area contributed by atoms with Gasteiger partial charge in [0, 0.05) is 0 Å². The molecule has 0 spiro atoms. The third kappa shape index (κ3) is 19.2. The van der Waals surface area contributed by atoms with Gasteiger partial charge in [-0.1, -0.05) is 78.1 Å². The molecule has 0 aromatic rings. The Morgan fingerprint density at radius 2 is 1.11 bits per heavy atom. The van der Waals surface area contributed by atoms with Gasteiger partial charge < -0.3 is 18.4 Å². The summed E-state index contributed by atoms with van der Waals surface area (Å²) in [5.41, 5.74) is 0. The summed E-state index contributed by atoms with van der Waals surface area (Å²) >= 11 is 0. The van der Waals surface area contributed by atoms with Gasteiger partial charge in [-0.25, -0.2) is 0 Å². The maximum atomic E-state index is 11.8. The zero-order chi connectivity index (χ0) is 20.4. The summed E-state index contributed by atoms with van der Waals surface area (Å²) in [4.78, 5) is 11.8. The molecule has 0 radical (unpaired) electrons. The molecule has 0 aliphatic heterocycles. The molecule has 164 valence electrons. The molecule has 0 saturated heterocycles. The Balaban J connectivity index is 3.69. The van der Waals surface area contributed by atoms with Crippen molar-refractivity contribution in [3.8, 4) is 0 Å². The van der Waals surface area contributed by atoms with E-state index in [1.54, 1.807) is 0 Å². The fraction of sp³-hybridized carbons (Fsp3) is 1.00. The molecule has 0 saturated carbocycles. The van der Waals surface area contributed by atoms with Crippen molar-refractivity contribution in [1.29, 1.82) is 0 Å². The van der Waals surface area contributed by atoms with Crippen molar-refractivity contribution in [2.24, 2.45) is 0 Å². The fourth-order valence-corrected chi connectivity index (χ4v) is 3.84. The zero-order valence-electron chi connectivity index (χ0n) is 18.5. The molecule has 1 unspecified atom stereocenters. The highest BCUT2D eigenvalue weighted by atomic mass is 31.2. The van der Waals surface area contributed by atoms with Crippen LogP contribution >= 0.6 is 7.82 Å². The molecular formula is C21H46NO4P. The van der Waals surface area contributed by atoms with Gasteiger partial charge in [-0.05, 0) is 19.3 Å². The molecule has 0 amide bonds. The predicted octanol–water partition coefficient (Wildman–Crippen LogP) is 5.68. The smallest absolute Gasteiger partial charge is 0.268 e. The van der Waals surface area contributed by atoms with Gasteiger partial charge in [0.2, 0.25) is 0 Å². The first kappa shape index (κ1) is 27.1. The molecule has 0 N–H and O–H groups in total. The lowest BCUT2D eigenvalue weighted by Gasteiger charge is -2.31. The van der Waals surface area contributed by atoms with Crippen LogP contribution < -0.4 is 4.89 Å². The van der Waals surface area contributed by atoms with E-state index in [1.165, 1.54) is 64.2 Å². The van der Waals surface area contributed by atoms with Crippen molar-refractivity contribution in [2.45, 2.75) is 97.3 Å². The maximum Gasteiger partial charge on any atom is 0.268 e. The van der Waals surface area contributed by atoms with E-state index in [4.69, 9.17) is 9.05 Å². The van der Waals surface area contributed by atoms with Crippen LogP contribution in [0.3, 0.4) is 0 Å². The summed E-state index contributed by atoms with van der Waals surface area (Å²) in [6, 6.07) is 0. The molecule has 0 heterocycles. The van der Waals surface area contributed by atoms with E-state index in [0.717, 1.165) is 30.3 Å². The average Bonchev–Trinajstić information content (AvgIpc) is 2.60. The number of hydrogen-bond donors (Lipinski definition) is 0. The van der Waals surface area contributed by atoms with Crippen LogP contribution in [0.4, 0.5) is 0 Å². The summed E-state index contributed by atoms with van der Waals surface area (Å²) in [5.74, 6) is 0. The van der Waals surface area contributed by atoms with Crippen LogP contribution in [0.1, 0.15) is 97.3 Å². The second-order valence-electron chi connectivity index (χ2n) is 8.39. The highest BCUT2D eigenvalue weighted by molar-refractivity contribution is 7.45. The number of phosphoric ester groups is 1. The molecule has 5 nitrogen and oxygen atoms in total. The SMILES string of the molecule is CCCCCCCCCOP(=O)([O-])OCC[N+](C)(C)CCCCCCCC. The molecule has 0 aromatic heterocycles. The first-order valence-electron chi connectivity index (χ1n) is 11.2. The van der Waals surface area contributed by atoms with E-state index < -0.39 is 7.82 Å². The lowest BCUT2D eigenvalue weighted by atomic mass is 10.1. The van der Waals surface area contributed by atoms with E-state index in [1.807, 2.05) is 0 Å². The minimum atomic E-state index is -4.15. The van der Waals surface area contributed by atoms with Crippen LogP contribution in [0, 0.1) is 0 Å². The van der Waals surface area contributed by atoms with Gasteiger partial charge >= 0.3 is 0 Å². The molecule has 6 heteroatoms. The summed E-state index contributed by atoms with van der Waals surface area (Å²) in [6.45, 7) is 6.60. The first-order valence-corrected chi connectivity index (χ1v) is 12.7. The minimum absolute atomic E-state index is 0.195. The molecule has 27 heavy (non-hydrogen) atoms. The minimum Gasteiger partial charge on any atom is -0.756 e. The van der Waals surface area contributed by atoms with Crippen LogP contribution in [0.2, 0.25) is 0 Å². The van der Waals surface area contributed by atoms with E-state index in [2.05, 4.69) is 27.9 Å². The van der Waals surface area contributed by atoms with Crippen molar-refractivity contribution in [1.82, 2.24) is 0 Å². The van der Waals surface area contributed by atoms with Gasteiger partial charge in [0.1, 0.15) is 13.2 Å². The standard InChI is InChI=1S/C21H46NO4P/c1-5-7-9-11-13-15-17-20-25-27(23,24)26-21-19-22(3,4)18-16-14-12-10-8-6-2/h5-21H2,1-4H3. The monoisotopic (exact) mass is 407 g/mol. The zero-order valence-corrected chi connectivity index (χ0v) is 19.4. The Morgan fingerprint density at radius 1 is 0.667 bits per heavy atom. The second kappa shape index (κ2) is 17.0. The van der Waals surface area contributed by atoms with Crippen LogP contribution in [-0.2, 0) is 13.6 Å².